The number of pyridine rings is 1. The molecular formula is C21H27N7O2. The normalized spacial score (nSPS) is 17.3. The van der Waals surface area contributed by atoms with E-state index in [2.05, 4.69) is 25.3 Å². The molecule has 0 spiro atoms. The van der Waals surface area contributed by atoms with Crippen LogP contribution >= 0.6 is 0 Å². The zero-order valence-corrected chi connectivity index (χ0v) is 17.4. The van der Waals surface area contributed by atoms with E-state index in [4.69, 9.17) is 0 Å². The van der Waals surface area contributed by atoms with Crippen LogP contribution in [-0.4, -0.2) is 54.9 Å². The summed E-state index contributed by atoms with van der Waals surface area (Å²) in [7, 11) is 1.73. The third kappa shape index (κ3) is 4.25. The number of piperidine rings is 1. The highest BCUT2D eigenvalue weighted by atomic mass is 16.1. The number of hydrogen-bond acceptors (Lipinski definition) is 7. The molecule has 0 aliphatic carbocycles. The molecule has 4 heterocycles. The summed E-state index contributed by atoms with van der Waals surface area (Å²) in [6, 6.07) is 5.31. The van der Waals surface area contributed by atoms with Gasteiger partial charge in [0.2, 0.25) is 5.95 Å². The van der Waals surface area contributed by atoms with Crippen LogP contribution in [0.4, 0.5) is 5.95 Å². The summed E-state index contributed by atoms with van der Waals surface area (Å²) in [6.45, 7) is 4.88. The molecule has 1 unspecified atom stereocenters. The number of aryl methyl sites for hydroxylation is 1. The first-order valence-corrected chi connectivity index (χ1v) is 10.4. The minimum absolute atomic E-state index is 0.0729. The van der Waals surface area contributed by atoms with Gasteiger partial charge >= 0.3 is 0 Å². The van der Waals surface area contributed by atoms with Gasteiger partial charge in [0.15, 0.2) is 0 Å². The number of aromatic nitrogens is 5. The summed E-state index contributed by atoms with van der Waals surface area (Å²) in [4.78, 5) is 35.7. The predicted molar refractivity (Wildman–Crippen MR) is 116 cm³/mol. The van der Waals surface area contributed by atoms with Gasteiger partial charge in [0, 0.05) is 38.4 Å². The second-order valence-corrected chi connectivity index (χ2v) is 7.79. The summed E-state index contributed by atoms with van der Waals surface area (Å²) in [5, 5.41) is 8.26. The van der Waals surface area contributed by atoms with Crippen molar-refractivity contribution in [2.75, 3.05) is 25.0 Å². The molecule has 3 aromatic rings. The van der Waals surface area contributed by atoms with Crippen LogP contribution in [0.1, 0.15) is 25.0 Å². The molecule has 158 valence electrons. The number of nitrogens with one attached hydrogen (secondary N) is 1. The average Bonchev–Trinajstić information content (AvgIpc) is 2.76. The maximum atomic E-state index is 12.6. The molecule has 9 nitrogen and oxygen atoms in total. The summed E-state index contributed by atoms with van der Waals surface area (Å²) in [5.41, 5.74) is 1.27. The zero-order valence-electron chi connectivity index (χ0n) is 17.4. The molecule has 1 N–H and O–H groups in total. The molecule has 3 aromatic heterocycles. The van der Waals surface area contributed by atoms with E-state index in [1.54, 1.807) is 42.2 Å². The van der Waals surface area contributed by atoms with Gasteiger partial charge in [-0.3, -0.25) is 24.0 Å². The van der Waals surface area contributed by atoms with Crippen molar-refractivity contribution in [2.45, 2.75) is 38.8 Å². The van der Waals surface area contributed by atoms with Gasteiger partial charge in [-0.15, -0.1) is 0 Å². The summed E-state index contributed by atoms with van der Waals surface area (Å²) < 4.78 is 3.09. The highest BCUT2D eigenvalue weighted by molar-refractivity contribution is 5.77. The monoisotopic (exact) mass is 409 g/mol. The van der Waals surface area contributed by atoms with Crippen LogP contribution in [0.15, 0.2) is 40.2 Å². The standard InChI is InChI=1S/C21H27N7O2/c1-15-6-7-19(29)28(25-15)12-11-27-10-4-3-5-16(27)13-23-21-24-18-14-22-9-8-17(18)20(30)26(21)2/h6-9,14,16H,3-5,10-13H2,1-2H3,(H,23,24). The Labute approximate surface area is 174 Å². The minimum atomic E-state index is -0.0877. The molecule has 1 atom stereocenters. The average molecular weight is 409 g/mol. The Balaban J connectivity index is 1.46. The van der Waals surface area contributed by atoms with Gasteiger partial charge in [0.1, 0.15) is 0 Å². The number of anilines is 1. The molecule has 0 aromatic carbocycles. The van der Waals surface area contributed by atoms with E-state index >= 15 is 0 Å². The van der Waals surface area contributed by atoms with Crippen LogP contribution in [0.5, 0.6) is 0 Å². The van der Waals surface area contributed by atoms with Crippen molar-refractivity contribution in [1.29, 1.82) is 0 Å². The van der Waals surface area contributed by atoms with Gasteiger partial charge in [0.05, 0.1) is 29.3 Å². The van der Waals surface area contributed by atoms with E-state index in [0.29, 0.717) is 36.0 Å². The largest absolute Gasteiger partial charge is 0.354 e. The minimum Gasteiger partial charge on any atom is -0.354 e. The molecule has 9 heteroatoms. The van der Waals surface area contributed by atoms with Gasteiger partial charge < -0.3 is 5.32 Å². The van der Waals surface area contributed by atoms with E-state index in [9.17, 15) is 9.59 Å². The van der Waals surface area contributed by atoms with Crippen molar-refractivity contribution in [2.24, 2.45) is 7.05 Å². The second-order valence-electron chi connectivity index (χ2n) is 7.79. The molecule has 30 heavy (non-hydrogen) atoms. The van der Waals surface area contributed by atoms with Crippen molar-refractivity contribution in [1.82, 2.24) is 29.2 Å². The molecule has 0 bridgehead atoms. The van der Waals surface area contributed by atoms with Gasteiger partial charge in [-0.05, 0) is 38.4 Å². The van der Waals surface area contributed by atoms with Crippen molar-refractivity contribution in [3.05, 3.63) is 57.0 Å². The van der Waals surface area contributed by atoms with Crippen LogP contribution in [0.25, 0.3) is 10.9 Å². The number of nitrogens with zero attached hydrogens (tertiary/aromatic N) is 6. The van der Waals surface area contributed by atoms with Crippen LogP contribution in [0, 0.1) is 6.92 Å². The Hall–Kier alpha value is -3.07. The van der Waals surface area contributed by atoms with Crippen molar-refractivity contribution in [3.8, 4) is 0 Å². The number of rotatable bonds is 6. The topological polar surface area (TPSA) is 97.9 Å². The van der Waals surface area contributed by atoms with Crippen LogP contribution in [0.2, 0.25) is 0 Å². The molecule has 4 rings (SSSR count). The lowest BCUT2D eigenvalue weighted by Gasteiger charge is -2.36. The third-order valence-corrected chi connectivity index (χ3v) is 5.72. The van der Waals surface area contributed by atoms with Crippen LogP contribution in [0.3, 0.4) is 0 Å². The third-order valence-electron chi connectivity index (χ3n) is 5.72. The molecule has 1 aliphatic heterocycles. The Bertz CT molecular complexity index is 1150. The molecule has 0 amide bonds. The van der Waals surface area contributed by atoms with E-state index in [0.717, 1.165) is 31.6 Å². The number of likely N-dealkylation sites (tertiary alicyclic amines) is 1. The SMILES string of the molecule is Cc1ccc(=O)n(CCN2CCCCC2CNc2nc3cnccc3c(=O)n2C)n1. The van der Waals surface area contributed by atoms with Gasteiger partial charge in [-0.25, -0.2) is 9.67 Å². The first-order valence-electron chi connectivity index (χ1n) is 10.4. The van der Waals surface area contributed by atoms with E-state index in [1.807, 2.05) is 6.92 Å². The summed E-state index contributed by atoms with van der Waals surface area (Å²) in [5.74, 6) is 0.544. The van der Waals surface area contributed by atoms with Gasteiger partial charge in [0.25, 0.3) is 11.1 Å². The van der Waals surface area contributed by atoms with Crippen LogP contribution < -0.4 is 16.4 Å². The molecule has 0 radical (unpaired) electrons. The lowest BCUT2D eigenvalue weighted by Crippen LogP contribution is -2.46. The van der Waals surface area contributed by atoms with Crippen molar-refractivity contribution >= 4 is 16.9 Å². The second kappa shape index (κ2) is 8.74. The Morgan fingerprint density at radius 1 is 1.17 bits per heavy atom. The molecule has 1 aliphatic rings. The molecule has 1 saturated heterocycles. The molecular weight excluding hydrogens is 382 g/mol. The fourth-order valence-corrected chi connectivity index (χ4v) is 4.01. The van der Waals surface area contributed by atoms with Crippen molar-refractivity contribution < 1.29 is 0 Å². The summed E-state index contributed by atoms with van der Waals surface area (Å²) >= 11 is 0. The highest BCUT2D eigenvalue weighted by Gasteiger charge is 2.23. The Kier molecular flexibility index (Phi) is 5.89. The molecule has 1 fully saturated rings. The Morgan fingerprint density at radius 2 is 2.03 bits per heavy atom. The quantitative estimate of drug-likeness (QED) is 0.652. The van der Waals surface area contributed by atoms with E-state index < -0.39 is 0 Å². The fraction of sp³-hybridized carbons (Fsp3) is 0.476. The maximum Gasteiger partial charge on any atom is 0.266 e. The van der Waals surface area contributed by atoms with E-state index in [-0.39, 0.29) is 11.1 Å². The first kappa shape index (κ1) is 20.2. The Morgan fingerprint density at radius 3 is 2.90 bits per heavy atom. The number of hydrogen-bond donors (Lipinski definition) is 1. The highest BCUT2D eigenvalue weighted by Crippen LogP contribution is 2.18. The van der Waals surface area contributed by atoms with Gasteiger partial charge in [-0.1, -0.05) is 6.42 Å². The first-order chi connectivity index (χ1) is 14.5. The lowest BCUT2D eigenvalue weighted by atomic mass is 10.0. The smallest absolute Gasteiger partial charge is 0.266 e. The van der Waals surface area contributed by atoms with Crippen LogP contribution in [-0.2, 0) is 13.6 Å². The maximum absolute atomic E-state index is 12.6. The zero-order chi connectivity index (χ0) is 21.1. The van der Waals surface area contributed by atoms with Gasteiger partial charge in [-0.2, -0.15) is 5.10 Å². The molecule has 0 saturated carbocycles. The predicted octanol–water partition coefficient (Wildman–Crippen LogP) is 1.16. The number of fused-ring (bicyclic) bond motifs is 1. The van der Waals surface area contributed by atoms with Crippen molar-refractivity contribution in [3.63, 3.8) is 0 Å². The summed E-state index contributed by atoms with van der Waals surface area (Å²) in [6.07, 6.45) is 6.59. The fourth-order valence-electron chi connectivity index (χ4n) is 4.01. The van der Waals surface area contributed by atoms with E-state index in [1.165, 1.54) is 11.1 Å². The lowest BCUT2D eigenvalue weighted by molar-refractivity contribution is 0.147.